The number of hydrogen-bond donors (Lipinski definition) is 1. The highest BCUT2D eigenvalue weighted by Gasteiger charge is 2.18. The molecule has 0 aliphatic rings. The SMILES string of the molecule is CCCOc1c(Br)cc(C(=O)Nc2ccc(F)c([N+](=O)[O-])c2)cc1OC. The molecule has 0 aromatic heterocycles. The van der Waals surface area contributed by atoms with Crippen LogP contribution in [0.4, 0.5) is 15.8 Å². The minimum absolute atomic E-state index is 0.101. The summed E-state index contributed by atoms with van der Waals surface area (Å²) in [6, 6.07) is 6.15. The van der Waals surface area contributed by atoms with Gasteiger partial charge in [-0.3, -0.25) is 14.9 Å². The average Bonchev–Trinajstić information content (AvgIpc) is 2.61. The van der Waals surface area contributed by atoms with Gasteiger partial charge in [0.1, 0.15) is 0 Å². The summed E-state index contributed by atoms with van der Waals surface area (Å²) in [7, 11) is 1.45. The van der Waals surface area contributed by atoms with Crippen LogP contribution >= 0.6 is 15.9 Å². The number of rotatable bonds is 7. The van der Waals surface area contributed by atoms with Crippen LogP contribution in [0.2, 0.25) is 0 Å². The van der Waals surface area contributed by atoms with Gasteiger partial charge in [-0.1, -0.05) is 6.92 Å². The van der Waals surface area contributed by atoms with Gasteiger partial charge in [0, 0.05) is 17.3 Å². The van der Waals surface area contributed by atoms with Gasteiger partial charge >= 0.3 is 5.69 Å². The molecule has 0 aliphatic carbocycles. The van der Waals surface area contributed by atoms with Crippen molar-refractivity contribution in [3.05, 3.63) is 56.3 Å². The number of nitrogens with one attached hydrogen (secondary N) is 1. The second-order valence-corrected chi connectivity index (χ2v) is 6.07. The van der Waals surface area contributed by atoms with E-state index >= 15 is 0 Å². The van der Waals surface area contributed by atoms with E-state index in [0.29, 0.717) is 22.6 Å². The summed E-state index contributed by atoms with van der Waals surface area (Å²) in [6.07, 6.45) is 0.807. The molecule has 9 heteroatoms. The van der Waals surface area contributed by atoms with Crippen molar-refractivity contribution in [1.82, 2.24) is 0 Å². The zero-order valence-corrected chi connectivity index (χ0v) is 15.6. The number of amides is 1. The van der Waals surface area contributed by atoms with Crippen molar-refractivity contribution in [2.24, 2.45) is 0 Å². The lowest BCUT2D eigenvalue weighted by Crippen LogP contribution is -2.13. The van der Waals surface area contributed by atoms with E-state index in [4.69, 9.17) is 9.47 Å². The Bertz CT molecular complexity index is 844. The Morgan fingerprint density at radius 2 is 2.08 bits per heavy atom. The summed E-state index contributed by atoms with van der Waals surface area (Å²) in [6.45, 7) is 2.45. The van der Waals surface area contributed by atoms with E-state index in [1.165, 1.54) is 19.2 Å². The van der Waals surface area contributed by atoms with Crippen molar-refractivity contribution in [3.63, 3.8) is 0 Å². The second kappa shape index (κ2) is 8.61. The maximum atomic E-state index is 13.4. The Morgan fingerprint density at radius 1 is 1.35 bits per heavy atom. The maximum Gasteiger partial charge on any atom is 0.306 e. The first kappa shape index (κ1) is 19.6. The summed E-state index contributed by atoms with van der Waals surface area (Å²) in [5.41, 5.74) is -0.376. The topological polar surface area (TPSA) is 90.7 Å². The van der Waals surface area contributed by atoms with E-state index < -0.39 is 22.3 Å². The smallest absolute Gasteiger partial charge is 0.306 e. The molecule has 0 spiro atoms. The minimum atomic E-state index is -0.977. The van der Waals surface area contributed by atoms with Crippen molar-refractivity contribution in [2.75, 3.05) is 19.0 Å². The number of carbonyl (C=O) groups is 1. The van der Waals surface area contributed by atoms with Gasteiger partial charge in [-0.25, -0.2) is 0 Å². The van der Waals surface area contributed by atoms with Crippen LogP contribution in [0.15, 0.2) is 34.8 Å². The van der Waals surface area contributed by atoms with Gasteiger partial charge in [0.05, 0.1) is 23.1 Å². The van der Waals surface area contributed by atoms with Gasteiger partial charge < -0.3 is 14.8 Å². The van der Waals surface area contributed by atoms with E-state index in [1.54, 1.807) is 6.07 Å². The fourth-order valence-corrected chi connectivity index (χ4v) is 2.69. The molecular formula is C17H16BrFN2O5. The number of nitro benzene ring substituents is 1. The summed E-state index contributed by atoms with van der Waals surface area (Å²) in [4.78, 5) is 22.4. The molecule has 0 saturated carbocycles. The van der Waals surface area contributed by atoms with Crippen LogP contribution in [0.1, 0.15) is 23.7 Å². The van der Waals surface area contributed by atoms with Crippen molar-refractivity contribution in [2.45, 2.75) is 13.3 Å². The molecule has 0 radical (unpaired) electrons. The zero-order valence-electron chi connectivity index (χ0n) is 14.0. The molecule has 26 heavy (non-hydrogen) atoms. The molecule has 138 valence electrons. The normalized spacial score (nSPS) is 10.3. The lowest BCUT2D eigenvalue weighted by Gasteiger charge is -2.14. The number of ether oxygens (including phenoxy) is 2. The van der Waals surface area contributed by atoms with Gasteiger partial charge in [-0.05, 0) is 46.6 Å². The van der Waals surface area contributed by atoms with Crippen molar-refractivity contribution >= 4 is 33.2 Å². The molecule has 1 amide bonds. The Kier molecular flexibility index (Phi) is 6.51. The van der Waals surface area contributed by atoms with Crippen molar-refractivity contribution < 1.29 is 23.6 Å². The largest absolute Gasteiger partial charge is 0.493 e. The first-order chi connectivity index (χ1) is 12.4. The number of halogens is 2. The Hall–Kier alpha value is -2.68. The molecule has 1 N–H and O–H groups in total. The molecule has 0 unspecified atom stereocenters. The fraction of sp³-hybridized carbons (Fsp3) is 0.235. The van der Waals surface area contributed by atoms with Gasteiger partial charge in [0.25, 0.3) is 5.91 Å². The number of carbonyl (C=O) groups excluding carboxylic acids is 1. The van der Waals surface area contributed by atoms with Crippen LogP contribution in [-0.4, -0.2) is 24.5 Å². The quantitative estimate of drug-likeness (QED) is 0.517. The predicted molar refractivity (Wildman–Crippen MR) is 97.5 cm³/mol. The number of benzene rings is 2. The second-order valence-electron chi connectivity index (χ2n) is 5.22. The van der Waals surface area contributed by atoms with Crippen molar-refractivity contribution in [3.8, 4) is 11.5 Å². The standard InChI is InChI=1S/C17H16BrFN2O5/c1-3-6-26-16-12(18)7-10(8-15(16)25-2)17(22)20-11-4-5-13(19)14(9-11)21(23)24/h4-5,7-9H,3,6H2,1-2H3,(H,20,22). The molecule has 0 bridgehead atoms. The summed E-state index contributed by atoms with van der Waals surface area (Å²) < 4.78 is 24.8. The van der Waals surface area contributed by atoms with Crippen LogP contribution in [0.3, 0.4) is 0 Å². The van der Waals surface area contributed by atoms with Crippen LogP contribution < -0.4 is 14.8 Å². The fourth-order valence-electron chi connectivity index (χ4n) is 2.13. The highest BCUT2D eigenvalue weighted by Crippen LogP contribution is 2.37. The third kappa shape index (κ3) is 4.48. The van der Waals surface area contributed by atoms with Gasteiger partial charge in [0.15, 0.2) is 11.5 Å². The van der Waals surface area contributed by atoms with E-state index in [0.717, 1.165) is 18.6 Å². The minimum Gasteiger partial charge on any atom is -0.493 e. The highest BCUT2D eigenvalue weighted by molar-refractivity contribution is 9.10. The van der Waals surface area contributed by atoms with Gasteiger partial charge in [0.2, 0.25) is 5.82 Å². The van der Waals surface area contributed by atoms with Crippen LogP contribution in [0, 0.1) is 15.9 Å². The predicted octanol–water partition coefficient (Wildman–Crippen LogP) is 4.55. The molecule has 0 aliphatic heterocycles. The molecule has 0 saturated heterocycles. The first-order valence-electron chi connectivity index (χ1n) is 7.63. The molecule has 7 nitrogen and oxygen atoms in total. The molecule has 0 fully saturated rings. The van der Waals surface area contributed by atoms with Crippen LogP contribution in [0.25, 0.3) is 0 Å². The number of nitrogens with zero attached hydrogens (tertiary/aromatic N) is 1. The molecule has 0 atom stereocenters. The first-order valence-corrected chi connectivity index (χ1v) is 8.42. The number of methoxy groups -OCH3 is 1. The molecule has 2 aromatic carbocycles. The summed E-state index contributed by atoms with van der Waals surface area (Å²) in [5.74, 6) is -0.673. The third-order valence-corrected chi connectivity index (χ3v) is 3.93. The molecular weight excluding hydrogens is 411 g/mol. The number of nitro groups is 1. The van der Waals surface area contributed by atoms with E-state index in [-0.39, 0.29) is 11.3 Å². The van der Waals surface area contributed by atoms with Crippen molar-refractivity contribution in [1.29, 1.82) is 0 Å². The number of hydrogen-bond acceptors (Lipinski definition) is 5. The van der Waals surface area contributed by atoms with E-state index in [1.807, 2.05) is 6.92 Å². The van der Waals surface area contributed by atoms with E-state index in [2.05, 4.69) is 21.2 Å². The number of anilines is 1. The summed E-state index contributed by atoms with van der Waals surface area (Å²) >= 11 is 3.34. The van der Waals surface area contributed by atoms with Gasteiger partial charge in [-0.15, -0.1) is 0 Å². The lowest BCUT2D eigenvalue weighted by atomic mass is 10.1. The third-order valence-electron chi connectivity index (χ3n) is 3.34. The zero-order chi connectivity index (χ0) is 19.3. The molecule has 2 rings (SSSR count). The van der Waals surface area contributed by atoms with Crippen LogP contribution in [0.5, 0.6) is 11.5 Å². The maximum absolute atomic E-state index is 13.4. The van der Waals surface area contributed by atoms with Gasteiger partial charge in [-0.2, -0.15) is 4.39 Å². The monoisotopic (exact) mass is 426 g/mol. The molecule has 0 heterocycles. The Balaban J connectivity index is 2.28. The van der Waals surface area contributed by atoms with E-state index in [9.17, 15) is 19.3 Å². The Morgan fingerprint density at radius 3 is 2.69 bits per heavy atom. The summed E-state index contributed by atoms with van der Waals surface area (Å²) in [5, 5.41) is 13.3. The average molecular weight is 427 g/mol. The lowest BCUT2D eigenvalue weighted by molar-refractivity contribution is -0.387. The highest BCUT2D eigenvalue weighted by atomic mass is 79.9. The molecule has 2 aromatic rings. The van der Waals surface area contributed by atoms with Crippen LogP contribution in [-0.2, 0) is 0 Å². The Labute approximate surface area is 157 Å².